The van der Waals surface area contributed by atoms with Crippen molar-refractivity contribution in [3.63, 3.8) is 0 Å². The van der Waals surface area contributed by atoms with Crippen LogP contribution >= 0.6 is 0 Å². The molecule has 0 saturated heterocycles. The molecule has 0 aliphatic carbocycles. The zero-order valence-corrected chi connectivity index (χ0v) is 21.7. The third-order valence-electron chi connectivity index (χ3n) is 7.06. The van der Waals surface area contributed by atoms with Crippen molar-refractivity contribution in [1.29, 1.82) is 0 Å². The van der Waals surface area contributed by atoms with E-state index in [0.717, 1.165) is 45.0 Å². The number of rotatable bonds is 3. The van der Waals surface area contributed by atoms with Crippen molar-refractivity contribution in [3.05, 3.63) is 82.9 Å². The number of benzene rings is 3. The molecule has 3 aromatic carbocycles. The van der Waals surface area contributed by atoms with E-state index in [1.807, 2.05) is 18.2 Å². The predicted octanol–water partition coefficient (Wildman–Crippen LogP) is 7.01. The monoisotopic (exact) mass is 480 g/mol. The lowest BCUT2D eigenvalue weighted by molar-refractivity contribution is 0.241. The van der Waals surface area contributed by atoms with Gasteiger partial charge in [0, 0.05) is 22.4 Å². The van der Waals surface area contributed by atoms with Crippen LogP contribution in [0.3, 0.4) is 0 Å². The lowest BCUT2D eigenvalue weighted by atomic mass is 9.80. The van der Waals surface area contributed by atoms with Crippen molar-refractivity contribution in [2.24, 2.45) is 4.99 Å². The summed E-state index contributed by atoms with van der Waals surface area (Å²) in [6, 6.07) is 18.8. The van der Waals surface area contributed by atoms with Gasteiger partial charge >= 0.3 is 0 Å². The number of allylic oxidation sites excluding steroid dienone is 1. The summed E-state index contributed by atoms with van der Waals surface area (Å²) in [6.45, 7) is 11.3. The second-order valence-corrected chi connectivity index (χ2v) is 11.1. The van der Waals surface area contributed by atoms with Crippen LogP contribution < -0.4 is 14.8 Å². The summed E-state index contributed by atoms with van der Waals surface area (Å²) in [6.07, 6.45) is 2.00. The maximum atomic E-state index is 6.80. The van der Waals surface area contributed by atoms with Gasteiger partial charge in [0.1, 0.15) is 18.1 Å². The smallest absolute Gasteiger partial charge is 0.216 e. The van der Waals surface area contributed by atoms with Crippen LogP contribution in [0.4, 0.5) is 5.69 Å². The van der Waals surface area contributed by atoms with Gasteiger partial charge in [0.25, 0.3) is 0 Å². The van der Waals surface area contributed by atoms with Gasteiger partial charge in [-0.2, -0.15) is 0 Å². The summed E-state index contributed by atoms with van der Waals surface area (Å²) in [5.41, 5.74) is 8.50. The number of fused-ring (bicyclic) bond motifs is 5. The summed E-state index contributed by atoms with van der Waals surface area (Å²) in [5, 5.41) is 3.70. The fourth-order valence-corrected chi connectivity index (χ4v) is 5.67. The van der Waals surface area contributed by atoms with Crippen molar-refractivity contribution < 1.29 is 14.2 Å². The van der Waals surface area contributed by atoms with Crippen molar-refractivity contribution in [3.8, 4) is 22.6 Å². The predicted molar refractivity (Wildman–Crippen MR) is 145 cm³/mol. The largest absolute Gasteiger partial charge is 0.496 e. The van der Waals surface area contributed by atoms with Gasteiger partial charge in [-0.15, -0.1) is 0 Å². The highest BCUT2D eigenvalue weighted by Crippen LogP contribution is 2.53. The Morgan fingerprint density at radius 3 is 2.56 bits per heavy atom. The Labute approximate surface area is 212 Å². The molecule has 3 heterocycles. The van der Waals surface area contributed by atoms with Gasteiger partial charge < -0.3 is 19.5 Å². The van der Waals surface area contributed by atoms with E-state index >= 15 is 0 Å². The highest BCUT2D eigenvalue weighted by molar-refractivity contribution is 5.96. The molecule has 3 aliphatic rings. The van der Waals surface area contributed by atoms with Gasteiger partial charge in [0.15, 0.2) is 6.10 Å². The first-order valence-electron chi connectivity index (χ1n) is 12.5. The maximum absolute atomic E-state index is 6.80. The van der Waals surface area contributed by atoms with Gasteiger partial charge in [-0.25, -0.2) is 4.99 Å². The minimum atomic E-state index is -0.295. The van der Waals surface area contributed by atoms with Crippen molar-refractivity contribution in [2.45, 2.75) is 51.8 Å². The number of nitrogens with zero attached hydrogens (tertiary/aromatic N) is 1. The summed E-state index contributed by atoms with van der Waals surface area (Å²) in [5.74, 6) is 2.32. The molecular formula is C31H32N2O3. The molecule has 1 atom stereocenters. The number of nitrogens with one attached hydrogen (secondary N) is 1. The molecule has 3 aliphatic heterocycles. The molecule has 5 nitrogen and oxygen atoms in total. The lowest BCUT2D eigenvalue weighted by Crippen LogP contribution is -2.32. The molecule has 0 radical (unpaired) electrons. The number of ether oxygens (including phenoxy) is 3. The Balaban J connectivity index is 1.57. The second-order valence-electron chi connectivity index (χ2n) is 11.1. The Morgan fingerprint density at radius 2 is 1.81 bits per heavy atom. The summed E-state index contributed by atoms with van der Waals surface area (Å²) in [4.78, 5) is 4.80. The van der Waals surface area contributed by atoms with Crippen LogP contribution in [0.25, 0.3) is 16.7 Å². The molecule has 36 heavy (non-hydrogen) atoms. The van der Waals surface area contributed by atoms with E-state index in [1.54, 1.807) is 7.11 Å². The van der Waals surface area contributed by atoms with Crippen LogP contribution in [-0.4, -0.2) is 30.7 Å². The summed E-state index contributed by atoms with van der Waals surface area (Å²) >= 11 is 0. The molecule has 0 fully saturated rings. The fourth-order valence-electron chi connectivity index (χ4n) is 5.67. The second kappa shape index (κ2) is 7.89. The van der Waals surface area contributed by atoms with Crippen LogP contribution in [0.5, 0.6) is 11.5 Å². The molecule has 0 bridgehead atoms. The zero-order chi connectivity index (χ0) is 25.2. The Bertz CT molecular complexity index is 1450. The van der Waals surface area contributed by atoms with Crippen LogP contribution in [0.1, 0.15) is 63.0 Å². The number of aliphatic imine (C=N–C) groups is 1. The standard InChI is InChI=1S/C31H32N2O3/c1-18-16-30(2,3)32-22-14-13-21-26-23(34-6)11-8-12-24(26)36-28(27(21)25(18)22)19-9-7-10-20(15-19)29-33-31(4,5)17-35-29/h7-16,28,32H,17H2,1-6H3. The molecule has 0 saturated carbocycles. The molecule has 1 unspecified atom stereocenters. The van der Waals surface area contributed by atoms with E-state index in [4.69, 9.17) is 19.2 Å². The van der Waals surface area contributed by atoms with Gasteiger partial charge in [0.05, 0.1) is 23.8 Å². The Kier molecular flexibility index (Phi) is 4.98. The van der Waals surface area contributed by atoms with E-state index in [0.29, 0.717) is 12.5 Å². The van der Waals surface area contributed by atoms with Crippen LogP contribution in [0.15, 0.2) is 65.7 Å². The van der Waals surface area contributed by atoms with E-state index in [2.05, 4.69) is 82.4 Å². The highest BCUT2D eigenvalue weighted by Gasteiger charge is 2.36. The van der Waals surface area contributed by atoms with Crippen LogP contribution in [0.2, 0.25) is 0 Å². The number of methoxy groups -OCH3 is 1. The van der Waals surface area contributed by atoms with Gasteiger partial charge in [0.2, 0.25) is 5.90 Å². The topological polar surface area (TPSA) is 52.1 Å². The van der Waals surface area contributed by atoms with E-state index in [-0.39, 0.29) is 17.2 Å². The average molecular weight is 481 g/mol. The van der Waals surface area contributed by atoms with Crippen LogP contribution in [-0.2, 0) is 4.74 Å². The molecule has 0 aromatic heterocycles. The van der Waals surface area contributed by atoms with Crippen LogP contribution in [0, 0.1) is 0 Å². The first-order valence-corrected chi connectivity index (χ1v) is 12.5. The van der Waals surface area contributed by atoms with Crippen molar-refractivity contribution in [1.82, 2.24) is 0 Å². The quantitative estimate of drug-likeness (QED) is 0.438. The van der Waals surface area contributed by atoms with Gasteiger partial charge in [-0.1, -0.05) is 30.3 Å². The molecule has 0 amide bonds. The fraction of sp³-hybridized carbons (Fsp3) is 0.323. The molecule has 184 valence electrons. The zero-order valence-electron chi connectivity index (χ0n) is 21.7. The SMILES string of the molecule is COc1cccc2c1-c1ccc3c(c1C(c1cccc(C4=NC(C)(C)CO4)c1)O2)C(C)=CC(C)(C)N3. The first-order chi connectivity index (χ1) is 17.2. The minimum absolute atomic E-state index is 0.128. The highest BCUT2D eigenvalue weighted by atomic mass is 16.5. The summed E-state index contributed by atoms with van der Waals surface area (Å²) < 4.78 is 18.5. The average Bonchev–Trinajstić information content (AvgIpc) is 3.21. The maximum Gasteiger partial charge on any atom is 0.216 e. The third kappa shape index (κ3) is 3.65. The molecule has 3 aromatic rings. The van der Waals surface area contributed by atoms with E-state index < -0.39 is 0 Å². The summed E-state index contributed by atoms with van der Waals surface area (Å²) in [7, 11) is 1.71. The van der Waals surface area contributed by atoms with Crippen molar-refractivity contribution >= 4 is 17.2 Å². The van der Waals surface area contributed by atoms with E-state index in [1.165, 1.54) is 11.1 Å². The molecule has 0 spiro atoms. The molecular weight excluding hydrogens is 448 g/mol. The number of anilines is 1. The van der Waals surface area contributed by atoms with Crippen molar-refractivity contribution in [2.75, 3.05) is 19.0 Å². The Hall–Kier alpha value is -3.73. The molecule has 6 rings (SSSR count). The Morgan fingerprint density at radius 1 is 1.00 bits per heavy atom. The molecule has 1 N–H and O–H groups in total. The first kappa shape index (κ1) is 22.7. The molecule has 5 heteroatoms. The minimum Gasteiger partial charge on any atom is -0.496 e. The van der Waals surface area contributed by atoms with E-state index in [9.17, 15) is 0 Å². The van der Waals surface area contributed by atoms with Gasteiger partial charge in [-0.05, 0) is 81.7 Å². The lowest BCUT2D eigenvalue weighted by Gasteiger charge is -2.37. The van der Waals surface area contributed by atoms with Gasteiger partial charge in [-0.3, -0.25) is 0 Å². The third-order valence-corrected chi connectivity index (χ3v) is 7.06. The number of hydrogen-bond acceptors (Lipinski definition) is 5. The normalized spacial score (nSPS) is 20.4. The number of hydrogen-bond donors (Lipinski definition) is 1.